The van der Waals surface area contributed by atoms with E-state index in [0.29, 0.717) is 13.0 Å². The highest BCUT2D eigenvalue weighted by Gasteiger charge is 2.43. The van der Waals surface area contributed by atoms with Crippen molar-refractivity contribution < 1.29 is 13.2 Å². The summed E-state index contributed by atoms with van der Waals surface area (Å²) in [7, 11) is -3.00. The molecule has 1 amide bonds. The highest BCUT2D eigenvalue weighted by Crippen LogP contribution is 2.26. The van der Waals surface area contributed by atoms with Crippen molar-refractivity contribution in [1.82, 2.24) is 10.2 Å². The Balaban J connectivity index is 2.13. The predicted octanol–water partition coefficient (Wildman–Crippen LogP) is 1.15. The standard InChI is InChI=1S/C14H26N2O3S/c1-4-6-12-14(17)16(13(15-12)10(2)3)9-11-7-5-8-20(11,18)19/h10-13,15H,4-9H2,1-3H3. The maximum Gasteiger partial charge on any atom is 0.241 e. The zero-order chi connectivity index (χ0) is 14.9. The minimum Gasteiger partial charge on any atom is -0.324 e. The maximum absolute atomic E-state index is 12.5. The van der Waals surface area contributed by atoms with Gasteiger partial charge in [-0.05, 0) is 25.2 Å². The Labute approximate surface area is 122 Å². The molecule has 2 saturated heterocycles. The molecule has 0 aromatic heterocycles. The molecule has 6 heteroatoms. The van der Waals surface area contributed by atoms with Crippen molar-refractivity contribution in [3.05, 3.63) is 0 Å². The molecule has 2 heterocycles. The topological polar surface area (TPSA) is 66.5 Å². The van der Waals surface area contributed by atoms with Gasteiger partial charge < -0.3 is 4.90 Å². The van der Waals surface area contributed by atoms with Gasteiger partial charge >= 0.3 is 0 Å². The summed E-state index contributed by atoms with van der Waals surface area (Å²) in [6.45, 7) is 6.55. The van der Waals surface area contributed by atoms with Gasteiger partial charge in [0.2, 0.25) is 5.91 Å². The summed E-state index contributed by atoms with van der Waals surface area (Å²) >= 11 is 0. The van der Waals surface area contributed by atoms with Gasteiger partial charge in [-0.25, -0.2) is 8.42 Å². The molecular formula is C14H26N2O3S. The first-order valence-corrected chi connectivity index (χ1v) is 9.36. The molecule has 2 aliphatic rings. The number of carbonyl (C=O) groups is 1. The minimum atomic E-state index is -3.00. The van der Waals surface area contributed by atoms with E-state index in [-0.39, 0.29) is 35.0 Å². The molecule has 5 nitrogen and oxygen atoms in total. The van der Waals surface area contributed by atoms with Crippen LogP contribution in [0.5, 0.6) is 0 Å². The van der Waals surface area contributed by atoms with Crippen LogP contribution >= 0.6 is 0 Å². The second-order valence-electron chi connectivity index (χ2n) is 6.32. The molecule has 0 aromatic rings. The van der Waals surface area contributed by atoms with Crippen LogP contribution in [0, 0.1) is 5.92 Å². The van der Waals surface area contributed by atoms with Gasteiger partial charge in [0.1, 0.15) is 0 Å². The number of nitrogens with one attached hydrogen (secondary N) is 1. The number of hydrogen-bond donors (Lipinski definition) is 1. The molecule has 2 fully saturated rings. The van der Waals surface area contributed by atoms with Crippen LogP contribution in [0.2, 0.25) is 0 Å². The molecule has 2 rings (SSSR count). The smallest absolute Gasteiger partial charge is 0.241 e. The molecule has 0 saturated carbocycles. The number of amides is 1. The van der Waals surface area contributed by atoms with Crippen LogP contribution in [0.15, 0.2) is 0 Å². The Hall–Kier alpha value is -0.620. The number of sulfone groups is 1. The molecule has 0 spiro atoms. The highest BCUT2D eigenvalue weighted by atomic mass is 32.2. The molecule has 2 aliphatic heterocycles. The third kappa shape index (κ3) is 3.01. The van der Waals surface area contributed by atoms with E-state index in [0.717, 1.165) is 19.3 Å². The van der Waals surface area contributed by atoms with Crippen LogP contribution in [-0.2, 0) is 14.6 Å². The molecule has 0 aromatic carbocycles. The first-order valence-electron chi connectivity index (χ1n) is 7.65. The summed E-state index contributed by atoms with van der Waals surface area (Å²) in [6, 6.07) is -0.142. The van der Waals surface area contributed by atoms with Gasteiger partial charge in [0.15, 0.2) is 9.84 Å². The zero-order valence-corrected chi connectivity index (χ0v) is 13.4. The number of hydrogen-bond acceptors (Lipinski definition) is 4. The lowest BCUT2D eigenvalue weighted by Gasteiger charge is -2.29. The van der Waals surface area contributed by atoms with Crippen molar-refractivity contribution in [1.29, 1.82) is 0 Å². The second kappa shape index (κ2) is 6.02. The molecule has 3 unspecified atom stereocenters. The summed E-state index contributed by atoms with van der Waals surface area (Å²) in [4.78, 5) is 14.3. The summed E-state index contributed by atoms with van der Waals surface area (Å²) in [5, 5.41) is 3.01. The normalized spacial score (nSPS) is 33.3. The average Bonchev–Trinajstić information content (AvgIpc) is 2.84. The summed E-state index contributed by atoms with van der Waals surface area (Å²) in [5.41, 5.74) is 0. The first-order chi connectivity index (χ1) is 9.36. The third-order valence-corrected chi connectivity index (χ3v) is 6.62. The average molecular weight is 302 g/mol. The Kier molecular flexibility index (Phi) is 4.74. The van der Waals surface area contributed by atoms with E-state index in [2.05, 4.69) is 26.1 Å². The Morgan fingerprint density at radius 1 is 1.40 bits per heavy atom. The third-order valence-electron chi connectivity index (χ3n) is 4.36. The fourth-order valence-corrected chi connectivity index (χ4v) is 5.05. The van der Waals surface area contributed by atoms with Crippen LogP contribution < -0.4 is 5.32 Å². The van der Waals surface area contributed by atoms with Gasteiger partial charge in [-0.2, -0.15) is 0 Å². The van der Waals surface area contributed by atoms with Gasteiger partial charge in [-0.1, -0.05) is 27.2 Å². The SMILES string of the molecule is CCCC1NC(C(C)C)N(CC2CCCS2(=O)=O)C1=O. The molecule has 20 heavy (non-hydrogen) atoms. The maximum atomic E-state index is 12.5. The number of nitrogens with zero attached hydrogens (tertiary/aromatic N) is 1. The van der Waals surface area contributed by atoms with Gasteiger partial charge in [0, 0.05) is 6.54 Å². The molecular weight excluding hydrogens is 276 g/mol. The van der Waals surface area contributed by atoms with E-state index in [1.807, 2.05) is 0 Å². The van der Waals surface area contributed by atoms with E-state index < -0.39 is 9.84 Å². The summed E-state index contributed by atoms with van der Waals surface area (Å²) in [6.07, 6.45) is 3.15. The molecule has 116 valence electrons. The van der Waals surface area contributed by atoms with Crippen molar-refractivity contribution in [2.45, 2.75) is 63.9 Å². The number of rotatable bonds is 5. The fraction of sp³-hybridized carbons (Fsp3) is 0.929. The van der Waals surface area contributed by atoms with E-state index in [9.17, 15) is 13.2 Å². The Bertz CT molecular complexity index is 461. The Morgan fingerprint density at radius 2 is 2.10 bits per heavy atom. The monoisotopic (exact) mass is 302 g/mol. The van der Waals surface area contributed by atoms with Crippen LogP contribution in [0.4, 0.5) is 0 Å². The lowest BCUT2D eigenvalue weighted by Crippen LogP contribution is -2.45. The van der Waals surface area contributed by atoms with Crippen molar-refractivity contribution in [3.8, 4) is 0 Å². The summed E-state index contributed by atoms with van der Waals surface area (Å²) < 4.78 is 24.0. The van der Waals surface area contributed by atoms with E-state index >= 15 is 0 Å². The molecule has 1 N–H and O–H groups in total. The van der Waals surface area contributed by atoms with Crippen LogP contribution in [-0.4, -0.2) is 49.0 Å². The van der Waals surface area contributed by atoms with Crippen molar-refractivity contribution >= 4 is 15.7 Å². The van der Waals surface area contributed by atoms with Crippen LogP contribution in [0.3, 0.4) is 0 Å². The molecule has 0 radical (unpaired) electrons. The zero-order valence-electron chi connectivity index (χ0n) is 12.6. The van der Waals surface area contributed by atoms with Gasteiger partial charge in [-0.15, -0.1) is 0 Å². The summed E-state index contributed by atoms with van der Waals surface area (Å²) in [5.74, 6) is 0.635. The van der Waals surface area contributed by atoms with E-state index in [1.54, 1.807) is 4.90 Å². The van der Waals surface area contributed by atoms with Gasteiger partial charge in [0.25, 0.3) is 0 Å². The molecule has 0 aliphatic carbocycles. The quantitative estimate of drug-likeness (QED) is 0.827. The van der Waals surface area contributed by atoms with Crippen molar-refractivity contribution in [3.63, 3.8) is 0 Å². The lowest BCUT2D eigenvalue weighted by atomic mass is 10.1. The minimum absolute atomic E-state index is 0.0325. The van der Waals surface area contributed by atoms with Crippen LogP contribution in [0.1, 0.15) is 46.5 Å². The Morgan fingerprint density at radius 3 is 2.60 bits per heavy atom. The predicted molar refractivity (Wildman–Crippen MR) is 79.0 cm³/mol. The van der Waals surface area contributed by atoms with E-state index in [4.69, 9.17) is 0 Å². The van der Waals surface area contributed by atoms with Gasteiger partial charge in [-0.3, -0.25) is 10.1 Å². The number of carbonyl (C=O) groups excluding carboxylic acids is 1. The fourth-order valence-electron chi connectivity index (χ4n) is 3.24. The highest BCUT2D eigenvalue weighted by molar-refractivity contribution is 7.92. The van der Waals surface area contributed by atoms with E-state index in [1.165, 1.54) is 0 Å². The van der Waals surface area contributed by atoms with Crippen molar-refractivity contribution in [2.24, 2.45) is 5.92 Å². The van der Waals surface area contributed by atoms with Crippen molar-refractivity contribution in [2.75, 3.05) is 12.3 Å². The van der Waals surface area contributed by atoms with Crippen LogP contribution in [0.25, 0.3) is 0 Å². The first kappa shape index (κ1) is 15.8. The lowest BCUT2D eigenvalue weighted by molar-refractivity contribution is -0.130. The van der Waals surface area contributed by atoms with Gasteiger partial charge in [0.05, 0.1) is 23.2 Å². The largest absolute Gasteiger partial charge is 0.324 e. The molecule has 0 bridgehead atoms. The molecule has 3 atom stereocenters. The second-order valence-corrected chi connectivity index (χ2v) is 8.72.